The molecular weight excluding hydrogens is 398 g/mol. The molecule has 0 spiro atoms. The van der Waals surface area contributed by atoms with Crippen LogP contribution in [0.3, 0.4) is 0 Å². The summed E-state index contributed by atoms with van der Waals surface area (Å²) in [6.45, 7) is 2.41. The number of quaternary nitrogens is 1. The van der Waals surface area contributed by atoms with Crippen molar-refractivity contribution in [1.29, 1.82) is 0 Å². The Morgan fingerprint density at radius 1 is 1.10 bits per heavy atom. The smallest absolute Gasteiger partial charge is 0.289 e. The van der Waals surface area contributed by atoms with Crippen molar-refractivity contribution in [2.24, 2.45) is 0 Å². The van der Waals surface area contributed by atoms with Crippen LogP contribution in [-0.4, -0.2) is 58.0 Å². The van der Waals surface area contributed by atoms with E-state index in [0.717, 1.165) is 17.1 Å². The van der Waals surface area contributed by atoms with E-state index in [1.807, 2.05) is 18.2 Å². The zero-order valence-corrected chi connectivity index (χ0v) is 17.1. The third-order valence-electron chi connectivity index (χ3n) is 5.04. The molecule has 1 aliphatic heterocycles. The summed E-state index contributed by atoms with van der Waals surface area (Å²) in [5, 5.41) is 11.2. The maximum absolute atomic E-state index is 12.9. The van der Waals surface area contributed by atoms with E-state index >= 15 is 0 Å². The molecule has 0 amide bonds. The van der Waals surface area contributed by atoms with Crippen LogP contribution in [-0.2, 0) is 16.6 Å². The first-order valence-corrected chi connectivity index (χ1v) is 10.6. The molecule has 29 heavy (non-hydrogen) atoms. The second-order valence-electron chi connectivity index (χ2n) is 6.73. The minimum Gasteiger partial charge on any atom is -0.497 e. The Morgan fingerprint density at radius 2 is 1.79 bits per heavy atom. The van der Waals surface area contributed by atoms with Crippen LogP contribution in [0.4, 0.5) is 5.69 Å². The molecule has 0 aromatic heterocycles. The van der Waals surface area contributed by atoms with Crippen LogP contribution in [0.25, 0.3) is 0 Å². The number of ether oxygens (including phenoxy) is 2. The van der Waals surface area contributed by atoms with Gasteiger partial charge in [0, 0.05) is 6.07 Å². The van der Waals surface area contributed by atoms with Gasteiger partial charge in [-0.25, -0.2) is 8.42 Å². The van der Waals surface area contributed by atoms with Crippen molar-refractivity contribution in [3.63, 3.8) is 0 Å². The molecule has 0 unspecified atom stereocenters. The third-order valence-corrected chi connectivity index (χ3v) is 6.98. The van der Waals surface area contributed by atoms with Gasteiger partial charge in [0.15, 0.2) is 4.90 Å². The first-order valence-electron chi connectivity index (χ1n) is 9.15. The molecule has 0 saturated carbocycles. The molecule has 0 radical (unpaired) electrons. The fourth-order valence-corrected chi connectivity index (χ4v) is 5.07. The molecule has 0 bridgehead atoms. The van der Waals surface area contributed by atoms with Gasteiger partial charge in [0.05, 0.1) is 50.9 Å². The van der Waals surface area contributed by atoms with Crippen LogP contribution in [0.2, 0.25) is 0 Å². The summed E-state index contributed by atoms with van der Waals surface area (Å²) in [5.41, 5.74) is 0.584. The summed E-state index contributed by atoms with van der Waals surface area (Å²) in [4.78, 5) is 11.5. The fourth-order valence-electron chi connectivity index (χ4n) is 3.47. The summed E-state index contributed by atoms with van der Waals surface area (Å²) in [5.74, 6) is 1.49. The van der Waals surface area contributed by atoms with E-state index in [1.54, 1.807) is 14.2 Å². The molecule has 0 atom stereocenters. The molecule has 1 saturated heterocycles. The van der Waals surface area contributed by atoms with E-state index in [-0.39, 0.29) is 18.0 Å². The number of nitrogens with zero attached hydrogens (tertiary/aromatic N) is 2. The Bertz CT molecular complexity index is 987. The van der Waals surface area contributed by atoms with Gasteiger partial charge < -0.3 is 14.4 Å². The molecule has 9 nitrogen and oxygen atoms in total. The minimum atomic E-state index is -3.92. The van der Waals surface area contributed by atoms with E-state index in [0.29, 0.717) is 19.6 Å². The predicted octanol–water partition coefficient (Wildman–Crippen LogP) is 0.701. The molecular formula is C19H24N3O6S+. The Labute approximate surface area is 169 Å². The summed E-state index contributed by atoms with van der Waals surface area (Å²) in [6, 6.07) is 11.1. The van der Waals surface area contributed by atoms with Gasteiger partial charge in [-0.05, 0) is 24.3 Å². The average molecular weight is 422 g/mol. The number of nitro groups is 1. The van der Waals surface area contributed by atoms with Gasteiger partial charge >= 0.3 is 0 Å². The lowest BCUT2D eigenvalue weighted by atomic mass is 10.1. The fraction of sp³-hybridized carbons (Fsp3) is 0.368. The molecule has 1 N–H and O–H groups in total. The second-order valence-corrected chi connectivity index (χ2v) is 8.64. The third kappa shape index (κ3) is 4.50. The van der Waals surface area contributed by atoms with Crippen molar-refractivity contribution < 1.29 is 27.7 Å². The van der Waals surface area contributed by atoms with Gasteiger partial charge in [-0.15, -0.1) is 0 Å². The molecule has 10 heteroatoms. The van der Waals surface area contributed by atoms with Crippen LogP contribution in [0.15, 0.2) is 47.4 Å². The lowest BCUT2D eigenvalue weighted by molar-refractivity contribution is -0.917. The van der Waals surface area contributed by atoms with Crippen LogP contribution >= 0.6 is 0 Å². The summed E-state index contributed by atoms with van der Waals surface area (Å²) >= 11 is 0. The maximum atomic E-state index is 12.9. The summed E-state index contributed by atoms with van der Waals surface area (Å²) < 4.78 is 37.9. The Kier molecular flexibility index (Phi) is 6.36. The molecule has 0 aliphatic carbocycles. The van der Waals surface area contributed by atoms with Gasteiger partial charge in [-0.3, -0.25) is 10.1 Å². The maximum Gasteiger partial charge on any atom is 0.289 e. The molecule has 2 aromatic carbocycles. The van der Waals surface area contributed by atoms with Crippen molar-refractivity contribution in [3.05, 3.63) is 58.1 Å². The number of para-hydroxylation sites is 1. The van der Waals surface area contributed by atoms with Gasteiger partial charge in [0.2, 0.25) is 10.0 Å². The van der Waals surface area contributed by atoms with Gasteiger partial charge in [0.25, 0.3) is 5.69 Å². The van der Waals surface area contributed by atoms with Gasteiger partial charge in [0.1, 0.15) is 18.0 Å². The largest absolute Gasteiger partial charge is 0.497 e. The van der Waals surface area contributed by atoms with Crippen molar-refractivity contribution in [1.82, 2.24) is 4.31 Å². The van der Waals surface area contributed by atoms with E-state index in [9.17, 15) is 18.5 Å². The number of hydrogen-bond acceptors (Lipinski definition) is 6. The van der Waals surface area contributed by atoms with Crippen molar-refractivity contribution in [2.45, 2.75) is 11.4 Å². The number of piperazine rings is 1. The lowest BCUT2D eigenvalue weighted by Crippen LogP contribution is -3.13. The Balaban J connectivity index is 1.72. The predicted molar refractivity (Wildman–Crippen MR) is 106 cm³/mol. The van der Waals surface area contributed by atoms with Crippen molar-refractivity contribution >= 4 is 15.7 Å². The average Bonchev–Trinajstić information content (AvgIpc) is 2.74. The zero-order chi connectivity index (χ0) is 21.0. The first-order chi connectivity index (χ1) is 13.9. The highest BCUT2D eigenvalue weighted by molar-refractivity contribution is 7.89. The quantitative estimate of drug-likeness (QED) is 0.521. The minimum absolute atomic E-state index is 0.261. The number of rotatable bonds is 7. The normalized spacial score (nSPS) is 15.8. The molecule has 3 rings (SSSR count). The number of methoxy groups -OCH3 is 2. The Hall–Kier alpha value is -2.69. The zero-order valence-electron chi connectivity index (χ0n) is 16.3. The highest BCUT2D eigenvalue weighted by Crippen LogP contribution is 2.26. The molecule has 156 valence electrons. The van der Waals surface area contributed by atoms with Crippen LogP contribution in [0.1, 0.15) is 5.56 Å². The number of sulfonamides is 1. The van der Waals surface area contributed by atoms with E-state index in [1.165, 1.54) is 33.5 Å². The van der Waals surface area contributed by atoms with Crippen molar-refractivity contribution in [3.8, 4) is 11.5 Å². The van der Waals surface area contributed by atoms with Crippen LogP contribution < -0.4 is 14.4 Å². The van der Waals surface area contributed by atoms with Crippen LogP contribution in [0.5, 0.6) is 11.5 Å². The monoisotopic (exact) mass is 422 g/mol. The summed E-state index contributed by atoms with van der Waals surface area (Å²) in [6.07, 6.45) is 0. The number of nitro benzene ring substituents is 1. The lowest BCUT2D eigenvalue weighted by Gasteiger charge is -2.31. The molecule has 1 fully saturated rings. The van der Waals surface area contributed by atoms with Crippen LogP contribution in [0, 0.1) is 10.1 Å². The first kappa shape index (κ1) is 21.0. The number of hydrogen-bond donors (Lipinski definition) is 1. The van der Waals surface area contributed by atoms with E-state index < -0.39 is 20.6 Å². The number of nitrogens with one attached hydrogen (secondary N) is 1. The van der Waals surface area contributed by atoms with E-state index in [4.69, 9.17) is 9.47 Å². The SMILES string of the molecule is COc1ccc(OC)c(C[NH+]2CCN(S(=O)(=O)c3ccccc3[N+](=O)[O-])CC2)c1. The van der Waals surface area contributed by atoms with E-state index in [2.05, 4.69) is 0 Å². The topological polar surface area (TPSA) is 103 Å². The van der Waals surface area contributed by atoms with Crippen molar-refractivity contribution in [2.75, 3.05) is 40.4 Å². The number of benzene rings is 2. The standard InChI is InChI=1S/C19H23N3O6S/c1-27-16-7-8-18(28-2)15(13-16)14-20-9-11-21(12-10-20)29(25,26)19-6-4-3-5-17(19)22(23)24/h3-8,13H,9-12,14H2,1-2H3/p+1. The molecule has 2 aromatic rings. The van der Waals surface area contributed by atoms with Gasteiger partial charge in [-0.1, -0.05) is 12.1 Å². The second kappa shape index (κ2) is 8.76. The molecule has 1 heterocycles. The van der Waals surface area contributed by atoms with Gasteiger partial charge in [-0.2, -0.15) is 4.31 Å². The highest BCUT2D eigenvalue weighted by atomic mass is 32.2. The molecule has 1 aliphatic rings. The Morgan fingerprint density at radius 3 is 2.41 bits per heavy atom. The highest BCUT2D eigenvalue weighted by Gasteiger charge is 2.34. The summed E-state index contributed by atoms with van der Waals surface area (Å²) in [7, 11) is -0.713.